The predicted octanol–water partition coefficient (Wildman–Crippen LogP) is 4.98. The van der Waals surface area contributed by atoms with Crippen LogP contribution in [0.1, 0.15) is 15.9 Å². The Morgan fingerprint density at radius 1 is 0.839 bits per heavy atom. The number of aryl methyl sites for hydroxylation is 1. The molecule has 0 unspecified atom stereocenters. The lowest BCUT2D eigenvalue weighted by Gasteiger charge is -2.11. The molecule has 0 spiro atoms. The number of rotatable bonds is 6. The minimum atomic E-state index is -0.263. The Morgan fingerprint density at radius 2 is 1.45 bits per heavy atom. The molecular weight excluding hydrogens is 394 g/mol. The smallest absolute Gasteiger partial charge is 0.255 e. The summed E-state index contributed by atoms with van der Waals surface area (Å²) in [6.45, 7) is 2.02. The van der Waals surface area contributed by atoms with Crippen LogP contribution in [0, 0.1) is 6.92 Å². The third-order valence-corrected chi connectivity index (χ3v) is 4.77. The van der Waals surface area contributed by atoms with Gasteiger partial charge in [0.1, 0.15) is 11.5 Å². The SMILES string of the molecule is COc1ccc(NC(=O)c2ccc(-c3nnc(-c4ccc(C)cc4)o3)cc2)c(OC)c1. The van der Waals surface area contributed by atoms with Gasteiger partial charge in [0.25, 0.3) is 5.91 Å². The summed E-state index contributed by atoms with van der Waals surface area (Å²) in [5, 5.41) is 11.1. The lowest BCUT2D eigenvalue weighted by atomic mass is 10.1. The molecule has 1 amide bonds. The zero-order valence-electron chi connectivity index (χ0n) is 17.4. The fraction of sp³-hybridized carbons (Fsp3) is 0.125. The fourth-order valence-electron chi connectivity index (χ4n) is 3.01. The number of methoxy groups -OCH3 is 2. The average molecular weight is 415 g/mol. The number of nitrogens with zero attached hydrogens (tertiary/aromatic N) is 2. The molecule has 1 N–H and O–H groups in total. The van der Waals surface area contributed by atoms with Gasteiger partial charge in [0.15, 0.2) is 0 Å². The number of benzene rings is 3. The molecule has 0 fully saturated rings. The Morgan fingerprint density at radius 3 is 2.03 bits per heavy atom. The Hall–Kier alpha value is -4.13. The van der Waals surface area contributed by atoms with Crippen molar-refractivity contribution in [2.75, 3.05) is 19.5 Å². The van der Waals surface area contributed by atoms with Gasteiger partial charge in [0.2, 0.25) is 11.8 Å². The third-order valence-electron chi connectivity index (χ3n) is 4.77. The molecule has 0 aliphatic rings. The van der Waals surface area contributed by atoms with Crippen LogP contribution >= 0.6 is 0 Å². The van der Waals surface area contributed by atoms with Crippen molar-refractivity contribution >= 4 is 11.6 Å². The molecule has 4 rings (SSSR count). The number of hydrogen-bond donors (Lipinski definition) is 1. The summed E-state index contributed by atoms with van der Waals surface area (Å²) in [6, 6.07) is 20.0. The number of carbonyl (C=O) groups is 1. The zero-order valence-corrected chi connectivity index (χ0v) is 17.4. The Labute approximate surface area is 179 Å². The van der Waals surface area contributed by atoms with Crippen LogP contribution in [-0.4, -0.2) is 30.3 Å². The third kappa shape index (κ3) is 4.40. The van der Waals surface area contributed by atoms with Gasteiger partial charge < -0.3 is 19.2 Å². The van der Waals surface area contributed by atoms with E-state index in [0.717, 1.165) is 16.7 Å². The molecule has 3 aromatic carbocycles. The normalized spacial score (nSPS) is 10.5. The summed E-state index contributed by atoms with van der Waals surface area (Å²) in [6.07, 6.45) is 0. The van der Waals surface area contributed by atoms with Crippen LogP contribution in [0.3, 0.4) is 0 Å². The van der Waals surface area contributed by atoms with Crippen molar-refractivity contribution in [3.8, 4) is 34.4 Å². The van der Waals surface area contributed by atoms with E-state index >= 15 is 0 Å². The van der Waals surface area contributed by atoms with Gasteiger partial charge in [-0.05, 0) is 55.5 Å². The maximum absolute atomic E-state index is 12.7. The first-order valence-corrected chi connectivity index (χ1v) is 9.62. The molecule has 7 heteroatoms. The quantitative estimate of drug-likeness (QED) is 0.478. The molecule has 0 radical (unpaired) electrons. The Kier molecular flexibility index (Phi) is 5.66. The lowest BCUT2D eigenvalue weighted by molar-refractivity contribution is 0.102. The van der Waals surface area contributed by atoms with E-state index in [4.69, 9.17) is 13.9 Å². The van der Waals surface area contributed by atoms with E-state index in [-0.39, 0.29) is 5.91 Å². The molecule has 0 aliphatic heterocycles. The van der Waals surface area contributed by atoms with Gasteiger partial charge >= 0.3 is 0 Å². The first-order chi connectivity index (χ1) is 15.1. The summed E-state index contributed by atoms with van der Waals surface area (Å²) in [5.74, 6) is 1.73. The summed E-state index contributed by atoms with van der Waals surface area (Å²) in [4.78, 5) is 12.7. The topological polar surface area (TPSA) is 86.5 Å². The monoisotopic (exact) mass is 415 g/mol. The van der Waals surface area contributed by atoms with Crippen molar-refractivity contribution in [1.82, 2.24) is 10.2 Å². The number of aromatic nitrogens is 2. The first kappa shape index (κ1) is 20.2. The van der Waals surface area contributed by atoms with Crippen LogP contribution in [0.4, 0.5) is 5.69 Å². The number of carbonyl (C=O) groups excluding carboxylic acids is 1. The highest BCUT2D eigenvalue weighted by molar-refractivity contribution is 6.05. The maximum atomic E-state index is 12.7. The van der Waals surface area contributed by atoms with Crippen LogP contribution in [0.25, 0.3) is 22.9 Å². The van der Waals surface area contributed by atoms with Crippen LogP contribution in [0.2, 0.25) is 0 Å². The zero-order chi connectivity index (χ0) is 21.8. The first-order valence-electron chi connectivity index (χ1n) is 9.62. The molecule has 4 aromatic rings. The van der Waals surface area contributed by atoms with Crippen LogP contribution < -0.4 is 14.8 Å². The molecule has 156 valence electrons. The second-order valence-corrected chi connectivity index (χ2v) is 6.88. The van der Waals surface area contributed by atoms with Crippen molar-refractivity contribution < 1.29 is 18.7 Å². The average Bonchev–Trinajstić information content (AvgIpc) is 3.30. The van der Waals surface area contributed by atoms with E-state index in [1.54, 1.807) is 49.6 Å². The number of ether oxygens (including phenoxy) is 2. The summed E-state index contributed by atoms with van der Waals surface area (Å²) < 4.78 is 16.3. The minimum Gasteiger partial charge on any atom is -0.497 e. The highest BCUT2D eigenvalue weighted by Gasteiger charge is 2.13. The van der Waals surface area contributed by atoms with Crippen molar-refractivity contribution in [3.63, 3.8) is 0 Å². The summed E-state index contributed by atoms with van der Waals surface area (Å²) in [5.41, 5.74) is 3.78. The van der Waals surface area contributed by atoms with Gasteiger partial charge in [0, 0.05) is 22.8 Å². The number of amides is 1. The summed E-state index contributed by atoms with van der Waals surface area (Å²) >= 11 is 0. The van der Waals surface area contributed by atoms with E-state index in [2.05, 4.69) is 15.5 Å². The molecule has 0 aliphatic carbocycles. The second-order valence-electron chi connectivity index (χ2n) is 6.88. The molecule has 0 saturated heterocycles. The van der Waals surface area contributed by atoms with Gasteiger partial charge in [-0.3, -0.25) is 4.79 Å². The second kappa shape index (κ2) is 8.71. The number of hydrogen-bond acceptors (Lipinski definition) is 6. The highest BCUT2D eigenvalue weighted by Crippen LogP contribution is 2.30. The standard InChI is InChI=1S/C24H21N3O4/c1-15-4-6-17(7-5-15)23-26-27-24(31-23)18-10-8-16(9-11-18)22(28)25-20-13-12-19(29-2)14-21(20)30-3/h4-14H,1-3H3,(H,25,28). The van der Waals surface area contributed by atoms with Crippen molar-refractivity contribution in [1.29, 1.82) is 0 Å². The van der Waals surface area contributed by atoms with Gasteiger partial charge in [-0.25, -0.2) is 0 Å². The van der Waals surface area contributed by atoms with Crippen molar-refractivity contribution in [2.45, 2.75) is 6.92 Å². The van der Waals surface area contributed by atoms with Gasteiger partial charge in [-0.15, -0.1) is 10.2 Å². The molecule has 0 bridgehead atoms. The molecule has 1 aromatic heterocycles. The van der Waals surface area contributed by atoms with Crippen LogP contribution in [0.15, 0.2) is 71.1 Å². The minimum absolute atomic E-state index is 0.263. The Balaban J connectivity index is 1.50. The summed E-state index contributed by atoms with van der Waals surface area (Å²) in [7, 11) is 3.11. The molecule has 0 atom stereocenters. The van der Waals surface area contributed by atoms with Crippen molar-refractivity contribution in [2.24, 2.45) is 0 Å². The van der Waals surface area contributed by atoms with E-state index in [1.807, 2.05) is 31.2 Å². The van der Waals surface area contributed by atoms with Crippen LogP contribution in [-0.2, 0) is 0 Å². The molecule has 7 nitrogen and oxygen atoms in total. The Bertz CT molecular complexity index is 1200. The van der Waals surface area contributed by atoms with Gasteiger partial charge in [0.05, 0.1) is 19.9 Å². The molecule has 1 heterocycles. The molecule has 0 saturated carbocycles. The lowest BCUT2D eigenvalue weighted by Crippen LogP contribution is -2.12. The van der Waals surface area contributed by atoms with E-state index in [0.29, 0.717) is 34.5 Å². The van der Waals surface area contributed by atoms with Gasteiger partial charge in [-0.1, -0.05) is 17.7 Å². The number of nitrogens with one attached hydrogen (secondary N) is 1. The fourth-order valence-corrected chi connectivity index (χ4v) is 3.01. The largest absolute Gasteiger partial charge is 0.497 e. The maximum Gasteiger partial charge on any atom is 0.255 e. The molecule has 31 heavy (non-hydrogen) atoms. The van der Waals surface area contributed by atoms with Gasteiger partial charge in [-0.2, -0.15) is 0 Å². The van der Waals surface area contributed by atoms with Crippen LogP contribution in [0.5, 0.6) is 11.5 Å². The van der Waals surface area contributed by atoms with E-state index in [9.17, 15) is 4.79 Å². The highest BCUT2D eigenvalue weighted by atomic mass is 16.5. The van der Waals surface area contributed by atoms with E-state index < -0.39 is 0 Å². The predicted molar refractivity (Wildman–Crippen MR) is 117 cm³/mol. The van der Waals surface area contributed by atoms with E-state index in [1.165, 1.54) is 7.11 Å². The van der Waals surface area contributed by atoms with Crippen molar-refractivity contribution in [3.05, 3.63) is 77.9 Å². The molecular formula is C24H21N3O4. The number of anilines is 1.